The van der Waals surface area contributed by atoms with Gasteiger partial charge in [0.2, 0.25) is 0 Å². The van der Waals surface area contributed by atoms with E-state index in [-0.39, 0.29) is 11.6 Å². The van der Waals surface area contributed by atoms with Gasteiger partial charge in [0.25, 0.3) is 5.56 Å². The fourth-order valence-electron chi connectivity index (χ4n) is 2.72. The minimum Gasteiger partial charge on any atom is -0.477 e. The predicted octanol–water partition coefficient (Wildman–Crippen LogP) is 3.40. The molecule has 24 heavy (non-hydrogen) atoms. The van der Waals surface area contributed by atoms with Crippen molar-refractivity contribution in [2.75, 3.05) is 5.32 Å². The predicted molar refractivity (Wildman–Crippen MR) is 92.5 cm³/mol. The van der Waals surface area contributed by atoms with Gasteiger partial charge in [0.15, 0.2) is 0 Å². The summed E-state index contributed by atoms with van der Waals surface area (Å²) < 4.78 is 1.46. The molecule has 6 nitrogen and oxygen atoms in total. The van der Waals surface area contributed by atoms with E-state index in [0.717, 1.165) is 30.3 Å². The van der Waals surface area contributed by atoms with Crippen LogP contribution < -0.4 is 10.9 Å². The first-order valence-corrected chi connectivity index (χ1v) is 7.91. The van der Waals surface area contributed by atoms with Crippen LogP contribution in [0.5, 0.6) is 0 Å². The topological polar surface area (TPSA) is 84.2 Å². The third kappa shape index (κ3) is 3.05. The van der Waals surface area contributed by atoms with Crippen molar-refractivity contribution in [3.63, 3.8) is 0 Å². The molecule has 1 aromatic heterocycles. The molecule has 7 heteroatoms. The number of rotatable bonds is 3. The molecule has 1 aromatic carbocycles. The zero-order chi connectivity index (χ0) is 17.3. The largest absolute Gasteiger partial charge is 0.477 e. The van der Waals surface area contributed by atoms with E-state index in [0.29, 0.717) is 10.8 Å². The third-order valence-electron chi connectivity index (χ3n) is 4.04. The summed E-state index contributed by atoms with van der Waals surface area (Å²) in [7, 11) is 0. The Morgan fingerprint density at radius 2 is 2.12 bits per heavy atom. The molecule has 1 atom stereocenters. The summed E-state index contributed by atoms with van der Waals surface area (Å²) in [5.41, 5.74) is 0.897. The number of hydrogen-bond donors (Lipinski definition) is 2. The number of allylic oxidation sites excluding steroid dienone is 1. The SMILES string of the molecule is CC1CC/C(=C\Nc2ccc(Cl)cc2)c2ncc(C(=O)O)c(=O)n21. The first-order chi connectivity index (χ1) is 11.5. The molecule has 1 aliphatic heterocycles. The lowest BCUT2D eigenvalue weighted by molar-refractivity contribution is 0.0693. The Balaban J connectivity index is 1.98. The minimum absolute atomic E-state index is 0.0908. The monoisotopic (exact) mass is 345 g/mol. The molecular weight excluding hydrogens is 330 g/mol. The number of aromatic nitrogens is 2. The van der Waals surface area contributed by atoms with Crippen LogP contribution in [-0.2, 0) is 0 Å². The van der Waals surface area contributed by atoms with Crippen molar-refractivity contribution in [1.29, 1.82) is 0 Å². The lowest BCUT2D eigenvalue weighted by Crippen LogP contribution is -2.34. The number of carboxylic acids is 1. The normalized spacial score (nSPS) is 18.2. The lowest BCUT2D eigenvalue weighted by Gasteiger charge is -2.26. The Bertz CT molecular complexity index is 872. The standard InChI is InChI=1S/C17H16ClN3O3/c1-10-2-3-11(8-19-13-6-4-12(18)5-7-13)15-20-9-14(17(23)24)16(22)21(10)15/h4-10,19H,2-3H2,1H3,(H,23,24)/b11-8+. The number of hydrogen-bond acceptors (Lipinski definition) is 4. The van der Waals surface area contributed by atoms with Crippen LogP contribution in [0.4, 0.5) is 5.69 Å². The molecule has 124 valence electrons. The number of benzene rings is 1. The smallest absolute Gasteiger partial charge is 0.342 e. The van der Waals surface area contributed by atoms with E-state index in [1.54, 1.807) is 18.3 Å². The summed E-state index contributed by atoms with van der Waals surface area (Å²) in [6.45, 7) is 1.89. The molecule has 0 fully saturated rings. The molecule has 0 bridgehead atoms. The van der Waals surface area contributed by atoms with Gasteiger partial charge < -0.3 is 10.4 Å². The van der Waals surface area contributed by atoms with Gasteiger partial charge in [0.05, 0.1) is 0 Å². The second kappa shape index (κ2) is 6.49. The highest BCUT2D eigenvalue weighted by Crippen LogP contribution is 2.29. The van der Waals surface area contributed by atoms with Crippen molar-refractivity contribution < 1.29 is 9.90 Å². The zero-order valence-electron chi connectivity index (χ0n) is 13.0. The molecule has 0 radical (unpaired) electrons. The van der Waals surface area contributed by atoms with Crippen LogP contribution in [0, 0.1) is 0 Å². The van der Waals surface area contributed by atoms with E-state index in [9.17, 15) is 9.59 Å². The van der Waals surface area contributed by atoms with E-state index < -0.39 is 11.5 Å². The van der Waals surface area contributed by atoms with Gasteiger partial charge in [0.1, 0.15) is 11.4 Å². The fourth-order valence-corrected chi connectivity index (χ4v) is 2.85. The quantitative estimate of drug-likeness (QED) is 0.890. The molecule has 2 aromatic rings. The highest BCUT2D eigenvalue weighted by molar-refractivity contribution is 6.30. The molecule has 0 aliphatic carbocycles. The van der Waals surface area contributed by atoms with Crippen LogP contribution in [0.2, 0.25) is 5.02 Å². The maximum atomic E-state index is 12.4. The van der Waals surface area contributed by atoms with E-state index in [4.69, 9.17) is 16.7 Å². The fraction of sp³-hybridized carbons (Fsp3) is 0.235. The van der Waals surface area contributed by atoms with Crippen molar-refractivity contribution in [3.8, 4) is 0 Å². The average molecular weight is 346 g/mol. The second-order valence-corrected chi connectivity index (χ2v) is 6.12. The van der Waals surface area contributed by atoms with Crippen LogP contribution >= 0.6 is 11.6 Å². The summed E-state index contributed by atoms with van der Waals surface area (Å²) in [4.78, 5) is 27.8. The van der Waals surface area contributed by atoms with Crippen molar-refractivity contribution in [2.24, 2.45) is 0 Å². The zero-order valence-corrected chi connectivity index (χ0v) is 13.7. The molecule has 0 amide bonds. The summed E-state index contributed by atoms with van der Waals surface area (Å²) in [6.07, 6.45) is 4.42. The molecule has 2 heterocycles. The molecule has 0 saturated heterocycles. The van der Waals surface area contributed by atoms with Gasteiger partial charge in [-0.05, 0) is 44.0 Å². The van der Waals surface area contributed by atoms with E-state index >= 15 is 0 Å². The van der Waals surface area contributed by atoms with E-state index in [2.05, 4.69) is 10.3 Å². The number of nitrogens with zero attached hydrogens (tertiary/aromatic N) is 2. The Morgan fingerprint density at radius 1 is 1.42 bits per heavy atom. The van der Waals surface area contributed by atoms with Gasteiger partial charge in [-0.25, -0.2) is 9.78 Å². The Morgan fingerprint density at radius 3 is 2.79 bits per heavy atom. The number of halogens is 1. The van der Waals surface area contributed by atoms with Gasteiger partial charge in [-0.15, -0.1) is 0 Å². The first kappa shape index (κ1) is 16.3. The van der Waals surface area contributed by atoms with Gasteiger partial charge >= 0.3 is 5.97 Å². The molecular formula is C17H16ClN3O3. The highest BCUT2D eigenvalue weighted by Gasteiger charge is 2.25. The van der Waals surface area contributed by atoms with Crippen molar-refractivity contribution in [1.82, 2.24) is 9.55 Å². The van der Waals surface area contributed by atoms with E-state index in [1.807, 2.05) is 19.1 Å². The van der Waals surface area contributed by atoms with Gasteiger partial charge in [0, 0.05) is 34.7 Å². The van der Waals surface area contributed by atoms with Gasteiger partial charge in [-0.2, -0.15) is 0 Å². The highest BCUT2D eigenvalue weighted by atomic mass is 35.5. The molecule has 1 unspecified atom stereocenters. The van der Waals surface area contributed by atoms with Crippen LogP contribution in [0.15, 0.2) is 41.5 Å². The minimum atomic E-state index is -1.26. The summed E-state index contributed by atoms with van der Waals surface area (Å²) >= 11 is 5.86. The third-order valence-corrected chi connectivity index (χ3v) is 4.29. The van der Waals surface area contributed by atoms with E-state index in [1.165, 1.54) is 4.57 Å². The molecule has 0 saturated carbocycles. The number of aromatic carboxylic acids is 1. The Hall–Kier alpha value is -2.60. The molecule has 2 N–H and O–H groups in total. The number of carbonyl (C=O) groups is 1. The number of nitrogens with one attached hydrogen (secondary N) is 1. The van der Waals surface area contributed by atoms with Gasteiger partial charge in [-0.3, -0.25) is 9.36 Å². The summed E-state index contributed by atoms with van der Waals surface area (Å²) in [5.74, 6) is -0.754. The molecule has 3 rings (SSSR count). The molecule has 1 aliphatic rings. The number of carboxylic acid groups (broad SMARTS) is 1. The van der Waals surface area contributed by atoms with Crippen LogP contribution in [0.1, 0.15) is 42.0 Å². The Labute approximate surface area is 143 Å². The van der Waals surface area contributed by atoms with Crippen LogP contribution in [0.25, 0.3) is 5.57 Å². The number of fused-ring (bicyclic) bond motifs is 1. The lowest BCUT2D eigenvalue weighted by atomic mass is 10.0. The van der Waals surface area contributed by atoms with Crippen LogP contribution in [0.3, 0.4) is 0 Å². The summed E-state index contributed by atoms with van der Waals surface area (Å²) in [5, 5.41) is 12.9. The first-order valence-electron chi connectivity index (χ1n) is 7.53. The maximum Gasteiger partial charge on any atom is 0.342 e. The van der Waals surface area contributed by atoms with Gasteiger partial charge in [-0.1, -0.05) is 11.6 Å². The van der Waals surface area contributed by atoms with Crippen molar-refractivity contribution >= 4 is 28.8 Å². The average Bonchev–Trinajstić information content (AvgIpc) is 2.55. The van der Waals surface area contributed by atoms with Crippen molar-refractivity contribution in [3.05, 3.63) is 63.4 Å². The Kier molecular flexibility index (Phi) is 4.40. The maximum absolute atomic E-state index is 12.4. The summed E-state index contributed by atoms with van der Waals surface area (Å²) in [6, 6.07) is 7.16. The van der Waals surface area contributed by atoms with Crippen LogP contribution in [-0.4, -0.2) is 20.6 Å². The second-order valence-electron chi connectivity index (χ2n) is 5.68. The molecule has 0 spiro atoms. The number of anilines is 1. The van der Waals surface area contributed by atoms with Crippen molar-refractivity contribution in [2.45, 2.75) is 25.8 Å².